The number of hydrogen-bond acceptors (Lipinski definition) is 3. The fraction of sp³-hybridized carbons (Fsp3) is 0.750. The van der Waals surface area contributed by atoms with Crippen LogP contribution in [0.4, 0.5) is 0 Å². The Balaban J connectivity index is 2.03. The Morgan fingerprint density at radius 3 is 2.74 bits per heavy atom. The lowest BCUT2D eigenvalue weighted by atomic mass is 9.82. The van der Waals surface area contributed by atoms with E-state index in [-0.39, 0.29) is 5.54 Å². The van der Waals surface area contributed by atoms with Crippen LogP contribution in [0.3, 0.4) is 0 Å². The summed E-state index contributed by atoms with van der Waals surface area (Å²) in [5.41, 5.74) is 2.04. The first kappa shape index (κ1) is 15.0. The van der Waals surface area contributed by atoms with Gasteiger partial charge in [0.2, 0.25) is 0 Å². The molecule has 108 valence electrons. The number of rotatable bonds is 3. The standard InChI is InChI=1S/C16H28N2S/c1-15(2,3)14-10-17-16(4,5)12-18(14)8-6-13-7-9-19-11-13/h7,9,11,14,17H,6,8,10,12H2,1-5H3. The molecule has 0 aromatic carbocycles. The summed E-state index contributed by atoms with van der Waals surface area (Å²) in [5, 5.41) is 8.15. The van der Waals surface area contributed by atoms with Crippen molar-refractivity contribution in [2.75, 3.05) is 19.6 Å². The van der Waals surface area contributed by atoms with Crippen LogP contribution in [0.2, 0.25) is 0 Å². The van der Waals surface area contributed by atoms with Crippen molar-refractivity contribution in [3.8, 4) is 0 Å². The lowest BCUT2D eigenvalue weighted by Gasteiger charge is -2.49. The molecule has 1 saturated heterocycles. The molecule has 0 spiro atoms. The average Bonchev–Trinajstić information content (AvgIpc) is 2.76. The molecule has 1 atom stereocenters. The molecular formula is C16H28N2S. The third-order valence-corrected chi connectivity index (χ3v) is 4.81. The van der Waals surface area contributed by atoms with E-state index < -0.39 is 0 Å². The molecule has 1 aliphatic heterocycles. The largest absolute Gasteiger partial charge is 0.309 e. The van der Waals surface area contributed by atoms with Gasteiger partial charge in [-0.3, -0.25) is 4.90 Å². The van der Waals surface area contributed by atoms with Gasteiger partial charge >= 0.3 is 0 Å². The molecule has 19 heavy (non-hydrogen) atoms. The summed E-state index contributed by atoms with van der Waals surface area (Å²) in [5.74, 6) is 0. The Kier molecular flexibility index (Phi) is 4.38. The van der Waals surface area contributed by atoms with E-state index in [0.29, 0.717) is 11.5 Å². The minimum atomic E-state index is 0.233. The second kappa shape index (κ2) is 5.55. The van der Waals surface area contributed by atoms with Crippen molar-refractivity contribution in [2.24, 2.45) is 5.41 Å². The Hall–Kier alpha value is -0.380. The number of nitrogens with one attached hydrogen (secondary N) is 1. The monoisotopic (exact) mass is 280 g/mol. The summed E-state index contributed by atoms with van der Waals surface area (Å²) in [6.45, 7) is 15.1. The van der Waals surface area contributed by atoms with Crippen molar-refractivity contribution >= 4 is 11.3 Å². The van der Waals surface area contributed by atoms with E-state index in [4.69, 9.17) is 0 Å². The second-order valence-corrected chi connectivity index (χ2v) is 8.28. The minimum Gasteiger partial charge on any atom is -0.309 e. The smallest absolute Gasteiger partial charge is 0.0270 e. The number of thiophene rings is 1. The third kappa shape index (κ3) is 4.04. The topological polar surface area (TPSA) is 15.3 Å². The first-order valence-corrected chi connectivity index (χ1v) is 8.22. The van der Waals surface area contributed by atoms with E-state index in [1.807, 2.05) is 0 Å². The molecule has 0 saturated carbocycles. The van der Waals surface area contributed by atoms with E-state index >= 15 is 0 Å². The van der Waals surface area contributed by atoms with Gasteiger partial charge < -0.3 is 5.32 Å². The summed E-state index contributed by atoms with van der Waals surface area (Å²) < 4.78 is 0. The van der Waals surface area contributed by atoms with Crippen molar-refractivity contribution in [1.82, 2.24) is 10.2 Å². The van der Waals surface area contributed by atoms with Gasteiger partial charge in [-0.25, -0.2) is 0 Å². The average molecular weight is 280 g/mol. The van der Waals surface area contributed by atoms with E-state index in [9.17, 15) is 0 Å². The third-order valence-electron chi connectivity index (χ3n) is 4.08. The zero-order valence-electron chi connectivity index (χ0n) is 13.0. The normalized spacial score (nSPS) is 24.6. The number of piperazine rings is 1. The lowest BCUT2D eigenvalue weighted by molar-refractivity contribution is 0.0342. The number of hydrogen-bond donors (Lipinski definition) is 1. The summed E-state index contributed by atoms with van der Waals surface area (Å²) in [4.78, 5) is 2.69. The van der Waals surface area contributed by atoms with Gasteiger partial charge in [0.25, 0.3) is 0 Å². The highest BCUT2D eigenvalue weighted by Crippen LogP contribution is 2.28. The van der Waals surface area contributed by atoms with Crippen LogP contribution in [0.25, 0.3) is 0 Å². The van der Waals surface area contributed by atoms with Gasteiger partial charge in [0.15, 0.2) is 0 Å². The van der Waals surface area contributed by atoms with E-state index in [1.165, 1.54) is 18.5 Å². The molecule has 0 radical (unpaired) electrons. The van der Waals surface area contributed by atoms with Crippen molar-refractivity contribution in [3.63, 3.8) is 0 Å². The molecule has 3 heteroatoms. The van der Waals surface area contributed by atoms with E-state index in [1.54, 1.807) is 11.3 Å². The van der Waals surface area contributed by atoms with Crippen LogP contribution in [0.1, 0.15) is 40.2 Å². The van der Waals surface area contributed by atoms with Crippen molar-refractivity contribution in [2.45, 2.75) is 52.6 Å². The number of nitrogens with zero attached hydrogens (tertiary/aromatic N) is 1. The molecule has 1 unspecified atom stereocenters. The molecule has 1 aliphatic rings. The summed E-state index contributed by atoms with van der Waals surface area (Å²) >= 11 is 1.80. The van der Waals surface area contributed by atoms with Gasteiger partial charge in [-0.05, 0) is 48.1 Å². The second-order valence-electron chi connectivity index (χ2n) is 7.50. The van der Waals surface area contributed by atoms with Crippen LogP contribution in [0.15, 0.2) is 16.8 Å². The summed E-state index contributed by atoms with van der Waals surface area (Å²) in [7, 11) is 0. The van der Waals surface area contributed by atoms with Gasteiger partial charge in [-0.15, -0.1) is 0 Å². The fourth-order valence-electron chi connectivity index (χ4n) is 2.97. The molecule has 2 nitrogen and oxygen atoms in total. The molecule has 1 aromatic rings. The van der Waals surface area contributed by atoms with Crippen LogP contribution in [0.5, 0.6) is 0 Å². The zero-order chi connectivity index (χ0) is 14.1. The molecule has 1 aromatic heterocycles. The zero-order valence-corrected chi connectivity index (χ0v) is 13.8. The maximum Gasteiger partial charge on any atom is 0.0270 e. The van der Waals surface area contributed by atoms with E-state index in [2.05, 4.69) is 61.7 Å². The Morgan fingerprint density at radius 2 is 2.16 bits per heavy atom. The fourth-order valence-corrected chi connectivity index (χ4v) is 3.68. The summed E-state index contributed by atoms with van der Waals surface area (Å²) in [6, 6.07) is 2.88. The highest BCUT2D eigenvalue weighted by Gasteiger charge is 2.37. The van der Waals surface area contributed by atoms with Gasteiger partial charge in [0.05, 0.1) is 0 Å². The van der Waals surface area contributed by atoms with Crippen LogP contribution in [-0.4, -0.2) is 36.1 Å². The van der Waals surface area contributed by atoms with Crippen LogP contribution in [-0.2, 0) is 6.42 Å². The predicted octanol–water partition coefficient (Wildman–Crippen LogP) is 3.39. The Bertz CT molecular complexity index is 389. The lowest BCUT2D eigenvalue weighted by Crippen LogP contribution is -2.64. The van der Waals surface area contributed by atoms with Crippen LogP contribution < -0.4 is 5.32 Å². The van der Waals surface area contributed by atoms with Crippen LogP contribution >= 0.6 is 11.3 Å². The van der Waals surface area contributed by atoms with Crippen molar-refractivity contribution < 1.29 is 0 Å². The highest BCUT2D eigenvalue weighted by molar-refractivity contribution is 7.07. The Labute approximate surface area is 122 Å². The predicted molar refractivity (Wildman–Crippen MR) is 84.9 cm³/mol. The molecule has 1 fully saturated rings. The van der Waals surface area contributed by atoms with Crippen molar-refractivity contribution in [3.05, 3.63) is 22.4 Å². The van der Waals surface area contributed by atoms with Gasteiger partial charge in [-0.1, -0.05) is 20.8 Å². The molecule has 2 heterocycles. The maximum atomic E-state index is 3.70. The summed E-state index contributed by atoms with van der Waals surface area (Å²) in [6.07, 6.45) is 1.17. The molecule has 0 aliphatic carbocycles. The minimum absolute atomic E-state index is 0.233. The highest BCUT2D eigenvalue weighted by atomic mass is 32.1. The molecule has 1 N–H and O–H groups in total. The SMILES string of the molecule is CC1(C)CN(CCc2ccsc2)C(C(C)(C)C)CN1. The Morgan fingerprint density at radius 1 is 1.42 bits per heavy atom. The van der Waals surface area contributed by atoms with Gasteiger partial charge in [-0.2, -0.15) is 11.3 Å². The molecule has 0 amide bonds. The molecule has 0 bridgehead atoms. The van der Waals surface area contributed by atoms with E-state index in [0.717, 1.165) is 13.1 Å². The van der Waals surface area contributed by atoms with Crippen LogP contribution in [0, 0.1) is 5.41 Å². The maximum absolute atomic E-state index is 3.70. The molecule has 2 rings (SSSR count). The first-order chi connectivity index (χ1) is 8.78. The van der Waals surface area contributed by atoms with Crippen molar-refractivity contribution in [1.29, 1.82) is 0 Å². The quantitative estimate of drug-likeness (QED) is 0.913. The molecular weight excluding hydrogens is 252 g/mol. The van der Waals surface area contributed by atoms with Gasteiger partial charge in [0.1, 0.15) is 0 Å². The first-order valence-electron chi connectivity index (χ1n) is 7.28. The van der Waals surface area contributed by atoms with Gasteiger partial charge in [0, 0.05) is 31.2 Å².